The number of rotatable bonds is 2. The number of nitrogens with zero attached hydrogens (tertiary/aromatic N) is 3. The predicted octanol–water partition coefficient (Wildman–Crippen LogP) is 0.924. The number of likely N-dealkylation sites (N-methyl/N-ethyl adjacent to an activating group) is 1. The van der Waals surface area contributed by atoms with E-state index >= 15 is 0 Å². The molecule has 0 spiro atoms. The summed E-state index contributed by atoms with van der Waals surface area (Å²) in [6.45, 7) is 7.49. The van der Waals surface area contributed by atoms with Gasteiger partial charge in [0, 0.05) is 25.7 Å². The molecule has 0 N–H and O–H groups in total. The standard InChI is InChI=1S/C10H19N3/c1-4-10(7-11)13-6-5-12(3)8-9(13)2/h9-10H,4-6,8H2,1-3H3. The Kier molecular flexibility index (Phi) is 3.71. The van der Waals surface area contributed by atoms with Crippen molar-refractivity contribution in [2.75, 3.05) is 26.7 Å². The van der Waals surface area contributed by atoms with Gasteiger partial charge in [-0.3, -0.25) is 4.90 Å². The van der Waals surface area contributed by atoms with Gasteiger partial charge in [-0.05, 0) is 20.4 Å². The van der Waals surface area contributed by atoms with Gasteiger partial charge in [0.25, 0.3) is 0 Å². The highest BCUT2D eigenvalue weighted by atomic mass is 15.3. The second-order valence-corrected chi connectivity index (χ2v) is 3.90. The van der Waals surface area contributed by atoms with Crippen LogP contribution >= 0.6 is 0 Å². The summed E-state index contributed by atoms with van der Waals surface area (Å²) >= 11 is 0. The van der Waals surface area contributed by atoms with Gasteiger partial charge in [-0.1, -0.05) is 6.92 Å². The van der Waals surface area contributed by atoms with Crippen molar-refractivity contribution < 1.29 is 0 Å². The second-order valence-electron chi connectivity index (χ2n) is 3.90. The van der Waals surface area contributed by atoms with Crippen molar-refractivity contribution in [3.05, 3.63) is 0 Å². The van der Waals surface area contributed by atoms with Gasteiger partial charge in [-0.25, -0.2) is 0 Å². The minimum Gasteiger partial charge on any atom is -0.304 e. The molecule has 0 aliphatic carbocycles. The van der Waals surface area contributed by atoms with Gasteiger partial charge in [0.2, 0.25) is 0 Å². The highest BCUT2D eigenvalue weighted by molar-refractivity contribution is 4.94. The first-order valence-electron chi connectivity index (χ1n) is 5.03. The molecule has 0 aromatic heterocycles. The topological polar surface area (TPSA) is 30.3 Å². The third-order valence-electron chi connectivity index (χ3n) is 2.82. The monoisotopic (exact) mass is 181 g/mol. The van der Waals surface area contributed by atoms with Gasteiger partial charge in [-0.15, -0.1) is 0 Å². The van der Waals surface area contributed by atoms with E-state index in [1.165, 1.54) is 0 Å². The van der Waals surface area contributed by atoms with Gasteiger partial charge in [0.15, 0.2) is 0 Å². The van der Waals surface area contributed by atoms with Gasteiger partial charge in [0.1, 0.15) is 0 Å². The van der Waals surface area contributed by atoms with E-state index in [9.17, 15) is 0 Å². The molecule has 2 atom stereocenters. The van der Waals surface area contributed by atoms with Crippen LogP contribution in [0.4, 0.5) is 0 Å². The quantitative estimate of drug-likeness (QED) is 0.634. The summed E-state index contributed by atoms with van der Waals surface area (Å²) in [5, 5.41) is 8.96. The summed E-state index contributed by atoms with van der Waals surface area (Å²) in [6.07, 6.45) is 0.935. The molecule has 1 heterocycles. The van der Waals surface area contributed by atoms with E-state index in [1.54, 1.807) is 0 Å². The van der Waals surface area contributed by atoms with E-state index in [1.807, 2.05) is 0 Å². The third-order valence-corrected chi connectivity index (χ3v) is 2.82. The number of hydrogen-bond acceptors (Lipinski definition) is 3. The van der Waals surface area contributed by atoms with Crippen molar-refractivity contribution in [1.82, 2.24) is 9.80 Å². The van der Waals surface area contributed by atoms with Crippen LogP contribution in [-0.4, -0.2) is 48.6 Å². The molecular formula is C10H19N3. The van der Waals surface area contributed by atoms with Crippen molar-refractivity contribution in [3.63, 3.8) is 0 Å². The number of nitriles is 1. The third kappa shape index (κ3) is 2.43. The minimum absolute atomic E-state index is 0.115. The molecule has 0 radical (unpaired) electrons. The van der Waals surface area contributed by atoms with Crippen molar-refractivity contribution in [3.8, 4) is 6.07 Å². The van der Waals surface area contributed by atoms with Gasteiger partial charge in [0.05, 0.1) is 12.1 Å². The highest BCUT2D eigenvalue weighted by Gasteiger charge is 2.26. The lowest BCUT2D eigenvalue weighted by molar-refractivity contribution is 0.0785. The Morgan fingerprint density at radius 1 is 1.54 bits per heavy atom. The molecule has 1 fully saturated rings. The summed E-state index contributed by atoms with van der Waals surface area (Å²) in [6, 6.07) is 3.01. The Balaban J connectivity index is 2.55. The number of hydrogen-bond donors (Lipinski definition) is 0. The molecular weight excluding hydrogens is 162 g/mol. The highest BCUT2D eigenvalue weighted by Crippen LogP contribution is 2.13. The Morgan fingerprint density at radius 2 is 2.23 bits per heavy atom. The minimum atomic E-state index is 0.115. The van der Waals surface area contributed by atoms with Crippen LogP contribution in [0.3, 0.4) is 0 Å². The summed E-state index contributed by atoms with van der Waals surface area (Å²) in [7, 11) is 2.14. The maximum absolute atomic E-state index is 8.96. The van der Waals surface area contributed by atoms with Crippen LogP contribution < -0.4 is 0 Å². The van der Waals surface area contributed by atoms with E-state index in [4.69, 9.17) is 5.26 Å². The maximum atomic E-state index is 8.96. The second kappa shape index (κ2) is 4.59. The molecule has 1 rings (SSSR count). The SMILES string of the molecule is CCC(C#N)N1CCN(C)CC1C. The van der Waals surface area contributed by atoms with Crippen molar-refractivity contribution >= 4 is 0 Å². The molecule has 0 saturated carbocycles. The fourth-order valence-electron chi connectivity index (χ4n) is 2.02. The van der Waals surface area contributed by atoms with Crippen molar-refractivity contribution in [2.45, 2.75) is 32.4 Å². The molecule has 0 aromatic rings. The van der Waals surface area contributed by atoms with E-state index < -0.39 is 0 Å². The van der Waals surface area contributed by atoms with Crippen LogP contribution in [0.15, 0.2) is 0 Å². The molecule has 0 aromatic carbocycles. The van der Waals surface area contributed by atoms with Crippen LogP contribution in [0, 0.1) is 11.3 Å². The molecule has 1 aliphatic rings. The van der Waals surface area contributed by atoms with Crippen molar-refractivity contribution in [1.29, 1.82) is 5.26 Å². The van der Waals surface area contributed by atoms with E-state index in [0.717, 1.165) is 26.1 Å². The average Bonchev–Trinajstić information content (AvgIpc) is 2.10. The number of piperazine rings is 1. The lowest BCUT2D eigenvalue weighted by atomic mass is 10.1. The lowest BCUT2D eigenvalue weighted by Crippen LogP contribution is -2.53. The van der Waals surface area contributed by atoms with Crippen LogP contribution in [-0.2, 0) is 0 Å². The van der Waals surface area contributed by atoms with Crippen LogP contribution in [0.1, 0.15) is 20.3 Å². The Hall–Kier alpha value is -0.590. The maximum Gasteiger partial charge on any atom is 0.0978 e. The molecule has 3 heteroatoms. The van der Waals surface area contributed by atoms with Crippen molar-refractivity contribution in [2.24, 2.45) is 0 Å². The Morgan fingerprint density at radius 3 is 2.69 bits per heavy atom. The molecule has 3 nitrogen and oxygen atoms in total. The lowest BCUT2D eigenvalue weighted by Gasteiger charge is -2.40. The molecule has 2 unspecified atom stereocenters. The first-order valence-corrected chi connectivity index (χ1v) is 5.03. The van der Waals surface area contributed by atoms with Crippen LogP contribution in [0.2, 0.25) is 0 Å². The molecule has 74 valence electrons. The van der Waals surface area contributed by atoms with E-state index in [2.05, 4.69) is 36.8 Å². The largest absolute Gasteiger partial charge is 0.304 e. The van der Waals surface area contributed by atoms with E-state index in [0.29, 0.717) is 6.04 Å². The van der Waals surface area contributed by atoms with Gasteiger partial charge in [-0.2, -0.15) is 5.26 Å². The molecule has 13 heavy (non-hydrogen) atoms. The fraction of sp³-hybridized carbons (Fsp3) is 0.900. The fourth-order valence-corrected chi connectivity index (χ4v) is 2.02. The zero-order valence-corrected chi connectivity index (χ0v) is 8.82. The Bertz CT molecular complexity index is 197. The zero-order valence-electron chi connectivity index (χ0n) is 8.82. The Labute approximate surface area is 80.9 Å². The zero-order chi connectivity index (χ0) is 9.84. The van der Waals surface area contributed by atoms with Crippen LogP contribution in [0.25, 0.3) is 0 Å². The molecule has 1 saturated heterocycles. The predicted molar refractivity (Wildman–Crippen MR) is 53.4 cm³/mol. The summed E-state index contributed by atoms with van der Waals surface area (Å²) in [5.74, 6) is 0. The summed E-state index contributed by atoms with van der Waals surface area (Å²) < 4.78 is 0. The molecule has 0 amide bonds. The summed E-state index contributed by atoms with van der Waals surface area (Å²) in [4.78, 5) is 4.64. The van der Waals surface area contributed by atoms with Crippen LogP contribution in [0.5, 0.6) is 0 Å². The summed E-state index contributed by atoms with van der Waals surface area (Å²) in [5.41, 5.74) is 0. The first kappa shape index (κ1) is 10.5. The first-order chi connectivity index (χ1) is 6.19. The smallest absolute Gasteiger partial charge is 0.0978 e. The molecule has 1 aliphatic heterocycles. The average molecular weight is 181 g/mol. The van der Waals surface area contributed by atoms with E-state index in [-0.39, 0.29) is 6.04 Å². The van der Waals surface area contributed by atoms with Gasteiger partial charge >= 0.3 is 0 Å². The normalized spacial score (nSPS) is 28.3. The molecule has 0 bridgehead atoms. The van der Waals surface area contributed by atoms with Gasteiger partial charge < -0.3 is 4.90 Å².